The molecule has 120 valence electrons. The maximum absolute atomic E-state index is 12.5. The number of furan rings is 1. The number of nitrogens with one attached hydrogen (secondary N) is 1. The number of aromatic nitrogens is 4. The number of carbonyl (C=O) groups is 1. The first-order chi connectivity index (χ1) is 11.0. The summed E-state index contributed by atoms with van der Waals surface area (Å²) in [4.78, 5) is 14.1. The number of amides is 1. The summed E-state index contributed by atoms with van der Waals surface area (Å²) in [6.45, 7) is 4.25. The van der Waals surface area contributed by atoms with E-state index in [9.17, 15) is 4.79 Å². The van der Waals surface area contributed by atoms with Gasteiger partial charge in [0.05, 0.1) is 18.4 Å². The molecule has 0 atom stereocenters. The van der Waals surface area contributed by atoms with Crippen molar-refractivity contribution in [2.75, 3.05) is 7.05 Å². The Balaban J connectivity index is 1.76. The minimum atomic E-state index is -0.139. The number of aryl methyl sites for hydroxylation is 2. The van der Waals surface area contributed by atoms with Crippen molar-refractivity contribution in [3.05, 3.63) is 47.3 Å². The van der Waals surface area contributed by atoms with Crippen LogP contribution in [0.3, 0.4) is 0 Å². The summed E-state index contributed by atoms with van der Waals surface area (Å²) in [6, 6.07) is 5.50. The van der Waals surface area contributed by atoms with Gasteiger partial charge in [-0.3, -0.25) is 14.6 Å². The third-order valence-electron chi connectivity index (χ3n) is 3.86. The third kappa shape index (κ3) is 2.90. The molecule has 3 aromatic heterocycles. The number of aromatic amines is 1. The molecule has 3 rings (SSSR count). The molecular formula is C16H19N5O2. The number of hydrogen-bond donors (Lipinski definition) is 1. The van der Waals surface area contributed by atoms with Gasteiger partial charge in [0.15, 0.2) is 0 Å². The van der Waals surface area contributed by atoms with Crippen LogP contribution < -0.4 is 0 Å². The predicted octanol–water partition coefficient (Wildman–Crippen LogP) is 2.29. The quantitative estimate of drug-likeness (QED) is 0.801. The van der Waals surface area contributed by atoms with Gasteiger partial charge in [0.1, 0.15) is 17.2 Å². The first-order valence-electron chi connectivity index (χ1n) is 7.31. The lowest BCUT2D eigenvalue weighted by Gasteiger charge is -2.14. The van der Waals surface area contributed by atoms with Crippen LogP contribution in [0.2, 0.25) is 0 Å². The molecule has 0 aromatic carbocycles. The van der Waals surface area contributed by atoms with Gasteiger partial charge >= 0.3 is 0 Å². The Bertz CT molecular complexity index is 842. The van der Waals surface area contributed by atoms with Crippen LogP contribution in [0.25, 0.3) is 11.3 Å². The van der Waals surface area contributed by atoms with Crippen molar-refractivity contribution >= 4 is 5.91 Å². The SMILES string of the molecule is Cc1ccc(CN(C)C(=O)c2cc(-c3cnn(C)c3C)n[nH]2)o1. The van der Waals surface area contributed by atoms with E-state index in [0.717, 1.165) is 22.8 Å². The fourth-order valence-corrected chi connectivity index (χ4v) is 2.40. The van der Waals surface area contributed by atoms with Gasteiger partial charge in [-0.25, -0.2) is 0 Å². The van der Waals surface area contributed by atoms with Crippen molar-refractivity contribution in [1.82, 2.24) is 24.9 Å². The van der Waals surface area contributed by atoms with E-state index in [4.69, 9.17) is 4.42 Å². The molecule has 0 saturated heterocycles. The van der Waals surface area contributed by atoms with Crippen molar-refractivity contribution < 1.29 is 9.21 Å². The zero-order valence-corrected chi connectivity index (χ0v) is 13.6. The molecular weight excluding hydrogens is 294 g/mol. The molecule has 7 nitrogen and oxygen atoms in total. The van der Waals surface area contributed by atoms with Crippen LogP contribution in [-0.4, -0.2) is 37.8 Å². The van der Waals surface area contributed by atoms with Crippen LogP contribution >= 0.6 is 0 Å². The van der Waals surface area contributed by atoms with Gasteiger partial charge in [0, 0.05) is 25.4 Å². The highest BCUT2D eigenvalue weighted by atomic mass is 16.3. The maximum atomic E-state index is 12.5. The zero-order chi connectivity index (χ0) is 16.6. The highest BCUT2D eigenvalue weighted by Gasteiger charge is 2.18. The lowest BCUT2D eigenvalue weighted by Crippen LogP contribution is -2.26. The van der Waals surface area contributed by atoms with E-state index in [0.29, 0.717) is 17.9 Å². The third-order valence-corrected chi connectivity index (χ3v) is 3.86. The summed E-state index contributed by atoms with van der Waals surface area (Å²) >= 11 is 0. The Labute approximate surface area is 133 Å². The summed E-state index contributed by atoms with van der Waals surface area (Å²) in [6.07, 6.45) is 1.75. The topological polar surface area (TPSA) is 80.0 Å². The number of hydrogen-bond acceptors (Lipinski definition) is 4. The molecule has 0 unspecified atom stereocenters. The summed E-state index contributed by atoms with van der Waals surface area (Å²) < 4.78 is 7.28. The second-order valence-electron chi connectivity index (χ2n) is 5.61. The summed E-state index contributed by atoms with van der Waals surface area (Å²) in [5.41, 5.74) is 3.05. The molecule has 0 bridgehead atoms. The van der Waals surface area contributed by atoms with Gasteiger partial charge in [-0.1, -0.05) is 0 Å². The smallest absolute Gasteiger partial charge is 0.272 e. The van der Waals surface area contributed by atoms with E-state index in [1.165, 1.54) is 0 Å². The molecule has 0 aliphatic heterocycles. The van der Waals surface area contributed by atoms with Crippen molar-refractivity contribution in [3.8, 4) is 11.3 Å². The Hall–Kier alpha value is -2.83. The van der Waals surface area contributed by atoms with Crippen molar-refractivity contribution in [2.24, 2.45) is 7.05 Å². The summed E-state index contributed by atoms with van der Waals surface area (Å²) in [5.74, 6) is 1.44. The van der Waals surface area contributed by atoms with E-state index >= 15 is 0 Å². The lowest BCUT2D eigenvalue weighted by atomic mass is 10.2. The van der Waals surface area contributed by atoms with E-state index in [1.54, 1.807) is 28.9 Å². The lowest BCUT2D eigenvalue weighted by molar-refractivity contribution is 0.0769. The van der Waals surface area contributed by atoms with E-state index < -0.39 is 0 Å². The zero-order valence-electron chi connectivity index (χ0n) is 13.6. The van der Waals surface area contributed by atoms with Gasteiger partial charge < -0.3 is 9.32 Å². The predicted molar refractivity (Wildman–Crippen MR) is 84.8 cm³/mol. The van der Waals surface area contributed by atoms with Gasteiger partial charge in [0.2, 0.25) is 0 Å². The van der Waals surface area contributed by atoms with Crippen LogP contribution in [0.1, 0.15) is 27.7 Å². The van der Waals surface area contributed by atoms with Crippen molar-refractivity contribution in [1.29, 1.82) is 0 Å². The molecule has 0 fully saturated rings. The van der Waals surface area contributed by atoms with Gasteiger partial charge in [-0.2, -0.15) is 10.2 Å². The molecule has 0 aliphatic rings. The molecule has 3 aromatic rings. The number of carbonyl (C=O) groups excluding carboxylic acids is 1. The first kappa shape index (κ1) is 15.1. The van der Waals surface area contributed by atoms with Crippen LogP contribution in [0.4, 0.5) is 0 Å². The van der Waals surface area contributed by atoms with Crippen molar-refractivity contribution in [3.63, 3.8) is 0 Å². The Morgan fingerprint density at radius 1 is 1.39 bits per heavy atom. The van der Waals surface area contributed by atoms with Crippen LogP contribution in [0.15, 0.2) is 28.8 Å². The Kier molecular flexibility index (Phi) is 3.77. The molecule has 7 heteroatoms. The maximum Gasteiger partial charge on any atom is 0.272 e. The Morgan fingerprint density at radius 3 is 2.78 bits per heavy atom. The fourth-order valence-electron chi connectivity index (χ4n) is 2.40. The van der Waals surface area contributed by atoms with E-state index in [-0.39, 0.29) is 5.91 Å². The fraction of sp³-hybridized carbons (Fsp3) is 0.312. The van der Waals surface area contributed by atoms with Crippen molar-refractivity contribution in [2.45, 2.75) is 20.4 Å². The monoisotopic (exact) mass is 313 g/mol. The van der Waals surface area contributed by atoms with Crippen LogP contribution in [-0.2, 0) is 13.6 Å². The summed E-state index contributed by atoms with van der Waals surface area (Å²) in [7, 11) is 3.60. The molecule has 0 spiro atoms. The van der Waals surface area contributed by atoms with E-state index in [1.807, 2.05) is 33.0 Å². The molecule has 23 heavy (non-hydrogen) atoms. The molecule has 0 radical (unpaired) electrons. The molecule has 3 heterocycles. The van der Waals surface area contributed by atoms with Gasteiger partial charge in [0.25, 0.3) is 5.91 Å². The molecule has 1 amide bonds. The highest BCUT2D eigenvalue weighted by molar-refractivity contribution is 5.93. The molecule has 1 N–H and O–H groups in total. The van der Waals surface area contributed by atoms with Crippen LogP contribution in [0.5, 0.6) is 0 Å². The van der Waals surface area contributed by atoms with Gasteiger partial charge in [-0.05, 0) is 32.0 Å². The standard InChI is InChI=1S/C16H19N5O2/c1-10-5-6-12(23-10)9-20(3)16(22)15-7-14(18-19-15)13-8-17-21(4)11(13)2/h5-8H,9H2,1-4H3,(H,18,19). The second-order valence-corrected chi connectivity index (χ2v) is 5.61. The highest BCUT2D eigenvalue weighted by Crippen LogP contribution is 2.21. The van der Waals surface area contributed by atoms with Crippen LogP contribution in [0, 0.1) is 13.8 Å². The largest absolute Gasteiger partial charge is 0.464 e. The van der Waals surface area contributed by atoms with E-state index in [2.05, 4.69) is 15.3 Å². The average molecular weight is 313 g/mol. The minimum Gasteiger partial charge on any atom is -0.464 e. The Morgan fingerprint density at radius 2 is 2.17 bits per heavy atom. The van der Waals surface area contributed by atoms with Gasteiger partial charge in [-0.15, -0.1) is 0 Å². The second kappa shape index (κ2) is 5.75. The minimum absolute atomic E-state index is 0.139. The average Bonchev–Trinajstić information content (AvgIpc) is 3.21. The number of nitrogens with zero attached hydrogens (tertiary/aromatic N) is 4. The normalized spacial score (nSPS) is 11.0. The number of rotatable bonds is 4. The molecule has 0 aliphatic carbocycles. The first-order valence-corrected chi connectivity index (χ1v) is 7.31. The molecule has 0 saturated carbocycles. The summed E-state index contributed by atoms with van der Waals surface area (Å²) in [5, 5.41) is 11.2. The number of H-pyrrole nitrogens is 1.